The van der Waals surface area contributed by atoms with Crippen LogP contribution < -0.4 is 10.9 Å². The van der Waals surface area contributed by atoms with Gasteiger partial charge in [-0.05, 0) is 37.1 Å². The Labute approximate surface area is 170 Å². The van der Waals surface area contributed by atoms with Crippen molar-refractivity contribution in [2.75, 3.05) is 13.1 Å². The summed E-state index contributed by atoms with van der Waals surface area (Å²) in [5.74, 6) is -1.28. The van der Waals surface area contributed by atoms with Crippen LogP contribution in [0.2, 0.25) is 8.67 Å². The van der Waals surface area contributed by atoms with E-state index in [9.17, 15) is 18.0 Å². The lowest BCUT2D eigenvalue weighted by atomic mass is 10.2. The highest BCUT2D eigenvalue weighted by Crippen LogP contribution is 2.30. The molecular formula is C16H15Cl2N3O4S2. The van der Waals surface area contributed by atoms with E-state index in [0.29, 0.717) is 17.4 Å². The number of amides is 2. The van der Waals surface area contributed by atoms with E-state index < -0.39 is 21.8 Å². The van der Waals surface area contributed by atoms with Crippen LogP contribution in [0.15, 0.2) is 35.2 Å². The van der Waals surface area contributed by atoms with Crippen molar-refractivity contribution in [3.63, 3.8) is 0 Å². The second kappa shape index (κ2) is 8.15. The van der Waals surface area contributed by atoms with Crippen LogP contribution in [0, 0.1) is 0 Å². The van der Waals surface area contributed by atoms with Gasteiger partial charge in [0.05, 0.1) is 14.8 Å². The maximum atomic E-state index is 12.6. The molecular weight excluding hydrogens is 433 g/mol. The normalized spacial score (nSPS) is 14.9. The molecule has 3 rings (SSSR count). The van der Waals surface area contributed by atoms with Crippen LogP contribution in [0.1, 0.15) is 33.6 Å². The molecule has 0 saturated carbocycles. The minimum Gasteiger partial charge on any atom is -0.267 e. The fourth-order valence-corrected chi connectivity index (χ4v) is 5.65. The highest BCUT2D eigenvalue weighted by molar-refractivity contribution is 7.89. The van der Waals surface area contributed by atoms with Crippen LogP contribution in [0.25, 0.3) is 0 Å². The molecule has 0 atom stereocenters. The molecule has 7 nitrogen and oxygen atoms in total. The Morgan fingerprint density at radius 2 is 1.70 bits per heavy atom. The first-order valence-electron chi connectivity index (χ1n) is 7.95. The van der Waals surface area contributed by atoms with E-state index in [0.717, 1.165) is 24.2 Å². The molecule has 0 spiro atoms. The standard InChI is InChI=1S/C16H15Cl2N3O4S2/c17-13-9-12(14(18)26-13)16(23)20-19-15(22)10-4-3-5-11(8-10)27(24,25)21-6-1-2-7-21/h3-5,8-9H,1-2,6-7H2,(H,19,22)(H,20,23). The lowest BCUT2D eigenvalue weighted by Gasteiger charge is -2.16. The summed E-state index contributed by atoms with van der Waals surface area (Å²) < 4.78 is 27.1. The largest absolute Gasteiger partial charge is 0.272 e. The van der Waals surface area contributed by atoms with E-state index in [2.05, 4.69) is 10.9 Å². The zero-order valence-corrected chi connectivity index (χ0v) is 17.0. The Morgan fingerprint density at radius 1 is 1.04 bits per heavy atom. The Kier molecular flexibility index (Phi) is 6.07. The lowest BCUT2D eigenvalue weighted by Crippen LogP contribution is -2.41. The van der Waals surface area contributed by atoms with E-state index in [1.807, 2.05) is 0 Å². The molecule has 1 fully saturated rings. The summed E-state index contributed by atoms with van der Waals surface area (Å²) in [5, 5.41) is 0. The second-order valence-corrected chi connectivity index (χ2v) is 10.0. The Morgan fingerprint density at radius 3 is 2.33 bits per heavy atom. The molecule has 2 heterocycles. The number of nitrogens with zero attached hydrogens (tertiary/aromatic N) is 1. The molecule has 0 aliphatic carbocycles. The molecule has 144 valence electrons. The minimum absolute atomic E-state index is 0.0380. The number of rotatable bonds is 4. The molecule has 1 aromatic carbocycles. The zero-order chi connectivity index (χ0) is 19.6. The summed E-state index contributed by atoms with van der Waals surface area (Å²) in [4.78, 5) is 24.4. The number of halogens is 2. The van der Waals surface area contributed by atoms with Crippen LogP contribution in [0.5, 0.6) is 0 Å². The van der Waals surface area contributed by atoms with Gasteiger partial charge in [-0.25, -0.2) is 8.42 Å². The number of carbonyl (C=O) groups excluding carboxylic acids is 2. The highest BCUT2D eigenvalue weighted by Gasteiger charge is 2.27. The van der Waals surface area contributed by atoms with Crippen molar-refractivity contribution >= 4 is 56.4 Å². The summed E-state index contributed by atoms with van der Waals surface area (Å²) in [6.45, 7) is 0.942. The third-order valence-corrected chi connectivity index (χ3v) is 7.37. The van der Waals surface area contributed by atoms with Crippen molar-refractivity contribution in [3.05, 3.63) is 50.1 Å². The number of benzene rings is 1. The van der Waals surface area contributed by atoms with Gasteiger partial charge in [0.15, 0.2) is 0 Å². The minimum atomic E-state index is -3.64. The molecule has 2 aromatic rings. The van der Waals surface area contributed by atoms with E-state index in [4.69, 9.17) is 23.2 Å². The first kappa shape index (κ1) is 20.1. The number of thiophene rings is 1. The van der Waals surface area contributed by atoms with Crippen molar-refractivity contribution in [2.45, 2.75) is 17.7 Å². The fraction of sp³-hybridized carbons (Fsp3) is 0.250. The SMILES string of the molecule is O=C(NNC(=O)c1cc(Cl)sc1Cl)c1cccc(S(=O)(=O)N2CCCC2)c1. The predicted octanol–water partition coefficient (Wildman–Crippen LogP) is 2.91. The summed E-state index contributed by atoms with van der Waals surface area (Å²) in [6, 6.07) is 7.05. The summed E-state index contributed by atoms with van der Waals surface area (Å²) in [5.41, 5.74) is 4.71. The van der Waals surface area contributed by atoms with Gasteiger partial charge in [-0.2, -0.15) is 4.31 Å². The molecule has 11 heteroatoms. The van der Waals surface area contributed by atoms with Gasteiger partial charge in [0.25, 0.3) is 11.8 Å². The van der Waals surface area contributed by atoms with Crippen LogP contribution >= 0.6 is 34.5 Å². The van der Waals surface area contributed by atoms with Gasteiger partial charge in [-0.3, -0.25) is 20.4 Å². The molecule has 1 aromatic heterocycles. The van der Waals surface area contributed by atoms with Crippen molar-refractivity contribution in [3.8, 4) is 0 Å². The van der Waals surface area contributed by atoms with Gasteiger partial charge < -0.3 is 0 Å². The van der Waals surface area contributed by atoms with Crippen LogP contribution in [-0.2, 0) is 10.0 Å². The quantitative estimate of drug-likeness (QED) is 0.704. The topological polar surface area (TPSA) is 95.6 Å². The van der Waals surface area contributed by atoms with Gasteiger partial charge in [0.1, 0.15) is 4.34 Å². The number of sulfonamides is 1. The lowest BCUT2D eigenvalue weighted by molar-refractivity contribution is 0.0847. The molecule has 1 aliphatic rings. The monoisotopic (exact) mass is 447 g/mol. The highest BCUT2D eigenvalue weighted by atomic mass is 35.5. The van der Waals surface area contributed by atoms with Crippen LogP contribution in [-0.4, -0.2) is 37.6 Å². The molecule has 1 aliphatic heterocycles. The Hall–Kier alpha value is -1.65. The van der Waals surface area contributed by atoms with Crippen molar-refractivity contribution in [1.82, 2.24) is 15.2 Å². The third-order valence-electron chi connectivity index (χ3n) is 3.99. The molecule has 2 N–H and O–H groups in total. The predicted molar refractivity (Wildman–Crippen MR) is 104 cm³/mol. The van der Waals surface area contributed by atoms with Gasteiger partial charge in [0, 0.05) is 18.7 Å². The van der Waals surface area contributed by atoms with Crippen LogP contribution in [0.4, 0.5) is 0 Å². The van der Waals surface area contributed by atoms with Gasteiger partial charge in [0.2, 0.25) is 10.0 Å². The van der Waals surface area contributed by atoms with Crippen molar-refractivity contribution < 1.29 is 18.0 Å². The number of carbonyl (C=O) groups is 2. The van der Waals surface area contributed by atoms with E-state index in [1.165, 1.54) is 34.6 Å². The average Bonchev–Trinajstić information content (AvgIpc) is 3.29. The molecule has 2 amide bonds. The first-order chi connectivity index (χ1) is 12.8. The Balaban J connectivity index is 1.70. The molecule has 27 heavy (non-hydrogen) atoms. The van der Waals surface area contributed by atoms with E-state index in [1.54, 1.807) is 0 Å². The smallest absolute Gasteiger partial charge is 0.267 e. The summed E-state index contributed by atoms with van der Waals surface area (Å²) in [6.07, 6.45) is 1.64. The fourth-order valence-electron chi connectivity index (χ4n) is 2.62. The second-order valence-electron chi connectivity index (χ2n) is 5.79. The van der Waals surface area contributed by atoms with Gasteiger partial charge in [-0.15, -0.1) is 11.3 Å². The molecule has 0 radical (unpaired) electrons. The number of hydrazine groups is 1. The van der Waals surface area contributed by atoms with E-state index >= 15 is 0 Å². The maximum absolute atomic E-state index is 12.6. The molecule has 0 unspecified atom stereocenters. The molecule has 1 saturated heterocycles. The maximum Gasteiger partial charge on any atom is 0.272 e. The Bertz CT molecular complexity index is 985. The molecule has 0 bridgehead atoms. The van der Waals surface area contributed by atoms with Crippen molar-refractivity contribution in [2.24, 2.45) is 0 Å². The summed E-state index contributed by atoms with van der Waals surface area (Å²) >= 11 is 12.7. The summed E-state index contributed by atoms with van der Waals surface area (Å²) in [7, 11) is -3.64. The van der Waals surface area contributed by atoms with Crippen LogP contribution in [0.3, 0.4) is 0 Å². The van der Waals surface area contributed by atoms with Crippen molar-refractivity contribution in [1.29, 1.82) is 0 Å². The van der Waals surface area contributed by atoms with Gasteiger partial charge in [-0.1, -0.05) is 29.3 Å². The van der Waals surface area contributed by atoms with E-state index in [-0.39, 0.29) is 20.4 Å². The van der Waals surface area contributed by atoms with Gasteiger partial charge >= 0.3 is 0 Å². The number of hydrogen-bond acceptors (Lipinski definition) is 5. The zero-order valence-electron chi connectivity index (χ0n) is 13.9. The first-order valence-corrected chi connectivity index (χ1v) is 11.0. The average molecular weight is 448 g/mol. The third kappa shape index (κ3) is 4.44. The number of nitrogens with one attached hydrogen (secondary N) is 2. The number of hydrogen-bond donors (Lipinski definition) is 2.